The van der Waals surface area contributed by atoms with Gasteiger partial charge in [-0.15, -0.1) is 0 Å². The summed E-state index contributed by atoms with van der Waals surface area (Å²) in [6.45, 7) is 4.24. The van der Waals surface area contributed by atoms with Crippen LogP contribution in [0.3, 0.4) is 0 Å². The largest absolute Gasteiger partial charge is 0.497 e. The molecule has 132 valence electrons. The molecule has 3 rings (SSSR count). The number of carbonyl (C=O) groups is 1. The molecule has 1 aromatic carbocycles. The fourth-order valence-electron chi connectivity index (χ4n) is 3.15. The molecule has 1 saturated heterocycles. The highest BCUT2D eigenvalue weighted by molar-refractivity contribution is 5.94. The molecule has 1 fully saturated rings. The van der Waals surface area contributed by atoms with Crippen molar-refractivity contribution >= 4 is 5.91 Å². The number of hydrogen-bond donors (Lipinski definition) is 1. The number of pyridine rings is 1. The van der Waals surface area contributed by atoms with E-state index in [1.54, 1.807) is 38.7 Å². The van der Waals surface area contributed by atoms with Gasteiger partial charge in [-0.2, -0.15) is 0 Å². The molecule has 2 aromatic rings. The summed E-state index contributed by atoms with van der Waals surface area (Å²) in [5.74, 6) is 1.73. The number of amides is 1. The average Bonchev–Trinajstić information content (AvgIpc) is 2.69. The van der Waals surface area contributed by atoms with E-state index in [0.29, 0.717) is 5.56 Å². The van der Waals surface area contributed by atoms with Gasteiger partial charge in [0.05, 0.1) is 40.4 Å². The number of nitrogens with one attached hydrogen (secondary N) is 1. The zero-order valence-corrected chi connectivity index (χ0v) is 14.7. The molecule has 1 aliphatic heterocycles. The van der Waals surface area contributed by atoms with Gasteiger partial charge in [0.1, 0.15) is 18.0 Å². The fraction of sp³-hybridized carbons (Fsp3) is 0.368. The topological polar surface area (TPSA) is 56.1 Å². The van der Waals surface area contributed by atoms with Crippen LogP contribution < -0.4 is 14.4 Å². The average molecular weight is 342 g/mol. The molecule has 25 heavy (non-hydrogen) atoms. The van der Waals surface area contributed by atoms with E-state index in [0.717, 1.165) is 49.8 Å². The first-order valence-corrected chi connectivity index (χ1v) is 8.45. The zero-order valence-electron chi connectivity index (χ0n) is 14.7. The molecule has 0 atom stereocenters. The predicted octanol–water partition coefficient (Wildman–Crippen LogP) is 0.640. The Bertz CT molecular complexity index is 713. The Morgan fingerprint density at radius 1 is 1.12 bits per heavy atom. The lowest BCUT2D eigenvalue weighted by Crippen LogP contribution is -3.13. The maximum absolute atomic E-state index is 12.5. The smallest absolute Gasteiger partial charge is 0.254 e. The van der Waals surface area contributed by atoms with E-state index >= 15 is 0 Å². The van der Waals surface area contributed by atoms with Gasteiger partial charge in [0.15, 0.2) is 0 Å². The molecule has 1 aliphatic rings. The summed E-state index contributed by atoms with van der Waals surface area (Å²) < 4.78 is 10.7. The van der Waals surface area contributed by atoms with Crippen molar-refractivity contribution in [1.82, 2.24) is 9.88 Å². The summed E-state index contributed by atoms with van der Waals surface area (Å²) in [6, 6.07) is 9.46. The number of quaternary nitrogens is 1. The van der Waals surface area contributed by atoms with Crippen LogP contribution in [0.1, 0.15) is 15.9 Å². The van der Waals surface area contributed by atoms with Gasteiger partial charge in [0.25, 0.3) is 5.91 Å². The minimum absolute atomic E-state index is 0.0866. The molecule has 0 radical (unpaired) electrons. The Morgan fingerprint density at radius 3 is 2.48 bits per heavy atom. The van der Waals surface area contributed by atoms with Gasteiger partial charge in [0.2, 0.25) is 0 Å². The van der Waals surface area contributed by atoms with E-state index in [2.05, 4.69) is 11.1 Å². The molecule has 0 saturated carbocycles. The molecule has 6 nitrogen and oxygen atoms in total. The summed E-state index contributed by atoms with van der Waals surface area (Å²) in [5.41, 5.74) is 1.86. The number of hydrogen-bond acceptors (Lipinski definition) is 4. The third kappa shape index (κ3) is 4.09. The van der Waals surface area contributed by atoms with Crippen molar-refractivity contribution in [3.05, 3.63) is 53.9 Å². The lowest BCUT2D eigenvalue weighted by Gasteiger charge is -2.32. The quantitative estimate of drug-likeness (QED) is 0.866. The van der Waals surface area contributed by atoms with E-state index in [-0.39, 0.29) is 5.91 Å². The maximum Gasteiger partial charge on any atom is 0.254 e. The molecule has 0 unspecified atom stereocenters. The third-order valence-corrected chi connectivity index (χ3v) is 4.62. The first-order valence-electron chi connectivity index (χ1n) is 8.45. The first-order chi connectivity index (χ1) is 12.2. The van der Waals surface area contributed by atoms with E-state index in [4.69, 9.17) is 9.47 Å². The predicted molar refractivity (Wildman–Crippen MR) is 94.1 cm³/mol. The third-order valence-electron chi connectivity index (χ3n) is 4.62. The Hall–Kier alpha value is -2.60. The van der Waals surface area contributed by atoms with Crippen molar-refractivity contribution in [1.29, 1.82) is 0 Å². The Morgan fingerprint density at radius 2 is 1.84 bits per heavy atom. The number of nitrogens with zero attached hydrogens (tertiary/aromatic N) is 2. The maximum atomic E-state index is 12.5. The van der Waals surface area contributed by atoms with Crippen LogP contribution in [0.15, 0.2) is 42.7 Å². The molecule has 1 N–H and O–H groups in total. The van der Waals surface area contributed by atoms with Crippen LogP contribution in [-0.2, 0) is 6.54 Å². The number of piperazine rings is 1. The van der Waals surface area contributed by atoms with Gasteiger partial charge < -0.3 is 19.3 Å². The lowest BCUT2D eigenvalue weighted by atomic mass is 10.1. The zero-order chi connectivity index (χ0) is 17.6. The van der Waals surface area contributed by atoms with Crippen molar-refractivity contribution in [2.75, 3.05) is 40.4 Å². The van der Waals surface area contributed by atoms with Gasteiger partial charge in [0, 0.05) is 29.6 Å². The second-order valence-corrected chi connectivity index (χ2v) is 6.13. The summed E-state index contributed by atoms with van der Waals surface area (Å²) in [6.07, 6.45) is 3.31. The number of carbonyl (C=O) groups excluding carboxylic acids is 1. The Kier molecular flexibility index (Phi) is 5.50. The Labute approximate surface area is 148 Å². The fourth-order valence-corrected chi connectivity index (χ4v) is 3.15. The monoisotopic (exact) mass is 342 g/mol. The SMILES string of the molecule is COc1ccc(C[NH+]2CCN(C(=O)c3ccncc3)CC2)c(OC)c1. The van der Waals surface area contributed by atoms with Crippen LogP contribution in [0.25, 0.3) is 0 Å². The van der Waals surface area contributed by atoms with Crippen LogP contribution in [0, 0.1) is 0 Å². The molecule has 0 bridgehead atoms. The van der Waals surface area contributed by atoms with Crippen molar-refractivity contribution < 1.29 is 19.2 Å². The van der Waals surface area contributed by atoms with E-state index in [9.17, 15) is 4.79 Å². The number of benzene rings is 1. The normalized spacial score (nSPS) is 15.0. The van der Waals surface area contributed by atoms with E-state index < -0.39 is 0 Å². The molecule has 6 heteroatoms. The molecular weight excluding hydrogens is 318 g/mol. The highest BCUT2D eigenvalue weighted by Crippen LogP contribution is 2.23. The highest BCUT2D eigenvalue weighted by atomic mass is 16.5. The number of rotatable bonds is 5. The molecule has 1 aromatic heterocycles. The molecule has 0 spiro atoms. The van der Waals surface area contributed by atoms with Crippen LogP contribution in [-0.4, -0.2) is 56.2 Å². The minimum Gasteiger partial charge on any atom is -0.497 e. The molecule has 2 heterocycles. The van der Waals surface area contributed by atoms with Crippen LogP contribution in [0.4, 0.5) is 0 Å². The van der Waals surface area contributed by atoms with Crippen LogP contribution >= 0.6 is 0 Å². The van der Waals surface area contributed by atoms with Crippen LogP contribution in [0.2, 0.25) is 0 Å². The Balaban J connectivity index is 1.59. The minimum atomic E-state index is 0.0866. The van der Waals surface area contributed by atoms with Crippen molar-refractivity contribution in [2.24, 2.45) is 0 Å². The van der Waals surface area contributed by atoms with Crippen molar-refractivity contribution in [3.8, 4) is 11.5 Å². The number of aromatic nitrogens is 1. The lowest BCUT2D eigenvalue weighted by molar-refractivity contribution is -0.917. The number of ether oxygens (including phenoxy) is 2. The molecule has 1 amide bonds. The second kappa shape index (κ2) is 7.98. The summed E-state index contributed by atoms with van der Waals surface area (Å²) in [5, 5.41) is 0. The van der Waals surface area contributed by atoms with Gasteiger partial charge in [-0.1, -0.05) is 0 Å². The van der Waals surface area contributed by atoms with E-state index in [1.807, 2.05) is 17.0 Å². The van der Waals surface area contributed by atoms with Gasteiger partial charge in [-0.3, -0.25) is 9.78 Å². The second-order valence-electron chi connectivity index (χ2n) is 6.13. The number of methoxy groups -OCH3 is 2. The van der Waals surface area contributed by atoms with Crippen LogP contribution in [0.5, 0.6) is 11.5 Å². The van der Waals surface area contributed by atoms with Crippen molar-refractivity contribution in [2.45, 2.75) is 6.54 Å². The van der Waals surface area contributed by atoms with Gasteiger partial charge in [-0.05, 0) is 24.3 Å². The van der Waals surface area contributed by atoms with Gasteiger partial charge in [-0.25, -0.2) is 0 Å². The molecular formula is C19H24N3O3+. The summed E-state index contributed by atoms with van der Waals surface area (Å²) >= 11 is 0. The standard InChI is InChI=1S/C19H23N3O3/c1-24-17-4-3-16(18(13-17)25-2)14-21-9-11-22(12-10-21)19(23)15-5-7-20-8-6-15/h3-8,13H,9-12,14H2,1-2H3/p+1. The highest BCUT2D eigenvalue weighted by Gasteiger charge is 2.25. The van der Waals surface area contributed by atoms with Gasteiger partial charge >= 0.3 is 0 Å². The van der Waals surface area contributed by atoms with Crippen molar-refractivity contribution in [3.63, 3.8) is 0 Å². The van der Waals surface area contributed by atoms with E-state index in [1.165, 1.54) is 4.90 Å². The molecule has 0 aliphatic carbocycles. The first kappa shape index (κ1) is 17.2. The summed E-state index contributed by atoms with van der Waals surface area (Å²) in [4.78, 5) is 19.8. The summed E-state index contributed by atoms with van der Waals surface area (Å²) in [7, 11) is 3.33.